The predicted molar refractivity (Wildman–Crippen MR) is 58.0 cm³/mol. The molecule has 0 unspecified atom stereocenters. The lowest BCUT2D eigenvalue weighted by molar-refractivity contribution is 1.04. The molecule has 0 aliphatic carbocycles. The molecule has 2 rings (SSSR count). The highest BCUT2D eigenvalue weighted by molar-refractivity contribution is 7.12. The van der Waals surface area contributed by atoms with Crippen molar-refractivity contribution in [1.82, 2.24) is 9.97 Å². The van der Waals surface area contributed by atoms with Crippen LogP contribution in [-0.4, -0.2) is 9.97 Å². The van der Waals surface area contributed by atoms with E-state index in [0.29, 0.717) is 6.54 Å². The van der Waals surface area contributed by atoms with Gasteiger partial charge in [0.2, 0.25) is 0 Å². The van der Waals surface area contributed by atoms with Crippen molar-refractivity contribution in [2.24, 2.45) is 5.73 Å². The van der Waals surface area contributed by atoms with Gasteiger partial charge in [-0.25, -0.2) is 4.98 Å². The molecule has 3 nitrogen and oxygen atoms in total. The van der Waals surface area contributed by atoms with Gasteiger partial charge in [0.25, 0.3) is 0 Å². The SMILES string of the molecule is Cc1sc(CN)nc1-c1cccnc1. The molecule has 0 aromatic carbocycles. The van der Waals surface area contributed by atoms with Crippen LogP contribution in [0.3, 0.4) is 0 Å². The average molecular weight is 205 g/mol. The van der Waals surface area contributed by atoms with E-state index in [9.17, 15) is 0 Å². The number of thiazole rings is 1. The summed E-state index contributed by atoms with van der Waals surface area (Å²) in [6.45, 7) is 2.56. The fourth-order valence-electron chi connectivity index (χ4n) is 1.31. The summed E-state index contributed by atoms with van der Waals surface area (Å²) < 4.78 is 0. The summed E-state index contributed by atoms with van der Waals surface area (Å²) in [5.74, 6) is 0. The van der Waals surface area contributed by atoms with Crippen molar-refractivity contribution in [1.29, 1.82) is 0 Å². The molecule has 0 atom stereocenters. The fraction of sp³-hybridized carbons (Fsp3) is 0.200. The van der Waals surface area contributed by atoms with Gasteiger partial charge in [0.15, 0.2) is 0 Å². The van der Waals surface area contributed by atoms with Crippen molar-refractivity contribution < 1.29 is 0 Å². The number of hydrogen-bond acceptors (Lipinski definition) is 4. The van der Waals surface area contributed by atoms with Crippen LogP contribution in [-0.2, 0) is 6.54 Å². The van der Waals surface area contributed by atoms with Gasteiger partial charge in [-0.05, 0) is 19.1 Å². The van der Waals surface area contributed by atoms with Gasteiger partial charge in [-0.1, -0.05) is 0 Å². The van der Waals surface area contributed by atoms with E-state index in [1.807, 2.05) is 18.3 Å². The number of hydrogen-bond donors (Lipinski definition) is 1. The Balaban J connectivity index is 2.46. The topological polar surface area (TPSA) is 51.8 Å². The minimum absolute atomic E-state index is 0.506. The van der Waals surface area contributed by atoms with E-state index in [2.05, 4.69) is 16.9 Å². The molecular weight excluding hydrogens is 194 g/mol. The third-order valence-electron chi connectivity index (χ3n) is 1.95. The quantitative estimate of drug-likeness (QED) is 0.815. The molecule has 0 saturated heterocycles. The Morgan fingerprint density at radius 2 is 2.36 bits per heavy atom. The molecule has 0 aliphatic rings. The second-order valence-corrected chi connectivity index (χ2v) is 4.25. The van der Waals surface area contributed by atoms with E-state index >= 15 is 0 Å². The van der Waals surface area contributed by atoms with E-state index in [4.69, 9.17) is 5.73 Å². The first-order valence-corrected chi connectivity index (χ1v) is 5.19. The number of pyridine rings is 1. The summed E-state index contributed by atoms with van der Waals surface area (Å²) in [7, 11) is 0. The monoisotopic (exact) mass is 205 g/mol. The number of nitrogens with zero attached hydrogens (tertiary/aromatic N) is 2. The zero-order valence-corrected chi connectivity index (χ0v) is 8.71. The summed E-state index contributed by atoms with van der Waals surface area (Å²) in [4.78, 5) is 9.72. The average Bonchev–Trinajstić information content (AvgIpc) is 2.61. The van der Waals surface area contributed by atoms with Gasteiger partial charge in [0, 0.05) is 29.4 Å². The Bertz CT molecular complexity index is 422. The third kappa shape index (κ3) is 1.66. The summed E-state index contributed by atoms with van der Waals surface area (Å²) in [5, 5.41) is 0.973. The van der Waals surface area contributed by atoms with E-state index in [1.165, 1.54) is 4.88 Å². The Kier molecular flexibility index (Phi) is 2.56. The van der Waals surface area contributed by atoms with Crippen LogP contribution in [0.5, 0.6) is 0 Å². The highest BCUT2D eigenvalue weighted by Gasteiger charge is 2.08. The summed E-state index contributed by atoms with van der Waals surface area (Å²) in [5.41, 5.74) is 7.60. The predicted octanol–water partition coefficient (Wildman–Crippen LogP) is 1.97. The van der Waals surface area contributed by atoms with Crippen LogP contribution in [0, 0.1) is 6.92 Å². The standard InChI is InChI=1S/C10H11N3S/c1-7-10(13-9(5-11)14-7)8-3-2-4-12-6-8/h2-4,6H,5,11H2,1H3. The van der Waals surface area contributed by atoms with E-state index in [0.717, 1.165) is 16.3 Å². The normalized spacial score (nSPS) is 10.4. The highest BCUT2D eigenvalue weighted by atomic mass is 32.1. The molecule has 4 heteroatoms. The Morgan fingerprint density at radius 3 is 2.93 bits per heavy atom. The van der Waals surface area contributed by atoms with E-state index < -0.39 is 0 Å². The molecule has 2 N–H and O–H groups in total. The summed E-state index contributed by atoms with van der Waals surface area (Å²) in [6.07, 6.45) is 3.58. The van der Waals surface area contributed by atoms with Crippen LogP contribution >= 0.6 is 11.3 Å². The van der Waals surface area contributed by atoms with Gasteiger partial charge in [0.1, 0.15) is 5.01 Å². The Morgan fingerprint density at radius 1 is 1.50 bits per heavy atom. The van der Waals surface area contributed by atoms with Crippen LogP contribution < -0.4 is 5.73 Å². The second kappa shape index (κ2) is 3.86. The lowest BCUT2D eigenvalue weighted by Crippen LogP contribution is -1.94. The second-order valence-electron chi connectivity index (χ2n) is 2.96. The molecule has 0 saturated carbocycles. The minimum Gasteiger partial charge on any atom is -0.325 e. The molecular formula is C10H11N3S. The molecule has 2 aromatic heterocycles. The molecule has 0 radical (unpaired) electrons. The molecule has 0 fully saturated rings. The lowest BCUT2D eigenvalue weighted by atomic mass is 10.2. The molecule has 2 heterocycles. The molecule has 0 amide bonds. The number of aromatic nitrogens is 2. The first-order chi connectivity index (χ1) is 6.81. The number of aryl methyl sites for hydroxylation is 1. The molecule has 0 spiro atoms. The molecule has 0 bridgehead atoms. The van der Waals surface area contributed by atoms with E-state index in [-0.39, 0.29) is 0 Å². The van der Waals surface area contributed by atoms with Gasteiger partial charge >= 0.3 is 0 Å². The first kappa shape index (κ1) is 9.30. The van der Waals surface area contributed by atoms with Crippen LogP contribution in [0.1, 0.15) is 9.88 Å². The smallest absolute Gasteiger partial charge is 0.107 e. The van der Waals surface area contributed by atoms with Crippen LogP contribution in [0.2, 0.25) is 0 Å². The van der Waals surface area contributed by atoms with Crippen molar-refractivity contribution in [2.75, 3.05) is 0 Å². The minimum atomic E-state index is 0.506. The fourth-order valence-corrected chi connectivity index (χ4v) is 2.14. The van der Waals surface area contributed by atoms with Gasteiger partial charge in [0.05, 0.1) is 5.69 Å². The van der Waals surface area contributed by atoms with Crippen molar-refractivity contribution in [3.05, 3.63) is 34.4 Å². The number of rotatable bonds is 2. The maximum absolute atomic E-state index is 5.54. The zero-order valence-electron chi connectivity index (χ0n) is 7.90. The van der Waals surface area contributed by atoms with Gasteiger partial charge in [-0.2, -0.15) is 0 Å². The van der Waals surface area contributed by atoms with Crippen molar-refractivity contribution in [3.63, 3.8) is 0 Å². The highest BCUT2D eigenvalue weighted by Crippen LogP contribution is 2.26. The lowest BCUT2D eigenvalue weighted by Gasteiger charge is -1.95. The molecule has 72 valence electrons. The van der Waals surface area contributed by atoms with Gasteiger partial charge in [-0.15, -0.1) is 11.3 Å². The molecule has 0 aliphatic heterocycles. The molecule has 14 heavy (non-hydrogen) atoms. The van der Waals surface area contributed by atoms with Crippen molar-refractivity contribution in [3.8, 4) is 11.3 Å². The Labute approximate surface area is 86.6 Å². The van der Waals surface area contributed by atoms with Crippen LogP contribution in [0.4, 0.5) is 0 Å². The van der Waals surface area contributed by atoms with Crippen LogP contribution in [0.25, 0.3) is 11.3 Å². The maximum atomic E-state index is 5.54. The van der Waals surface area contributed by atoms with Gasteiger partial charge in [-0.3, -0.25) is 4.98 Å². The maximum Gasteiger partial charge on any atom is 0.107 e. The summed E-state index contributed by atoms with van der Waals surface area (Å²) in [6, 6.07) is 3.92. The van der Waals surface area contributed by atoms with Crippen LogP contribution in [0.15, 0.2) is 24.5 Å². The largest absolute Gasteiger partial charge is 0.325 e. The number of nitrogens with two attached hydrogens (primary N) is 1. The van der Waals surface area contributed by atoms with E-state index in [1.54, 1.807) is 17.5 Å². The first-order valence-electron chi connectivity index (χ1n) is 4.38. The van der Waals surface area contributed by atoms with Crippen molar-refractivity contribution >= 4 is 11.3 Å². The Hall–Kier alpha value is -1.26. The third-order valence-corrected chi connectivity index (χ3v) is 2.94. The van der Waals surface area contributed by atoms with Gasteiger partial charge < -0.3 is 5.73 Å². The van der Waals surface area contributed by atoms with Crippen molar-refractivity contribution in [2.45, 2.75) is 13.5 Å². The zero-order chi connectivity index (χ0) is 9.97. The summed E-state index contributed by atoms with van der Waals surface area (Å²) >= 11 is 1.65. The molecule has 2 aromatic rings.